The summed E-state index contributed by atoms with van der Waals surface area (Å²) in [6, 6.07) is 10.1. The standard InChI is InChI=1S/C24H27NO6S/c1-5-6-7-18-14-22(26)31-23-16(3)21(13-12-20(18)23)30-24(27)17(4)25-32(28,29)19-10-8-15(2)9-11-19/h8-14,17,25H,5-7H2,1-4H3/t17-/m1/s1. The van der Waals surface area contributed by atoms with E-state index in [0.29, 0.717) is 11.1 Å². The van der Waals surface area contributed by atoms with E-state index in [9.17, 15) is 18.0 Å². The van der Waals surface area contributed by atoms with Crippen molar-refractivity contribution in [2.75, 3.05) is 0 Å². The number of esters is 1. The Bertz CT molecular complexity index is 1290. The fourth-order valence-corrected chi connectivity index (χ4v) is 4.55. The van der Waals surface area contributed by atoms with Gasteiger partial charge in [0.25, 0.3) is 0 Å². The number of carbonyl (C=O) groups excluding carboxylic acids is 1. The molecule has 0 aliphatic carbocycles. The molecule has 170 valence electrons. The summed E-state index contributed by atoms with van der Waals surface area (Å²) < 4.78 is 38.3. The van der Waals surface area contributed by atoms with Crippen molar-refractivity contribution in [2.24, 2.45) is 0 Å². The molecule has 1 aromatic heterocycles. The Kier molecular flexibility index (Phi) is 7.16. The highest BCUT2D eigenvalue weighted by molar-refractivity contribution is 7.89. The number of rotatable bonds is 8. The van der Waals surface area contributed by atoms with Crippen molar-refractivity contribution in [3.63, 3.8) is 0 Å². The number of fused-ring (bicyclic) bond motifs is 1. The highest BCUT2D eigenvalue weighted by Crippen LogP contribution is 2.29. The molecule has 2 aromatic carbocycles. The second-order valence-corrected chi connectivity index (χ2v) is 9.55. The van der Waals surface area contributed by atoms with Crippen LogP contribution >= 0.6 is 0 Å². The van der Waals surface area contributed by atoms with Crippen LogP contribution in [0.25, 0.3) is 11.0 Å². The van der Waals surface area contributed by atoms with Crippen LogP contribution in [0.3, 0.4) is 0 Å². The summed E-state index contributed by atoms with van der Waals surface area (Å²) in [5, 5.41) is 0.795. The van der Waals surface area contributed by atoms with Gasteiger partial charge in [-0.05, 0) is 63.4 Å². The van der Waals surface area contributed by atoms with Crippen LogP contribution in [0.4, 0.5) is 0 Å². The number of hydrogen-bond acceptors (Lipinski definition) is 6. The number of aryl methyl sites for hydroxylation is 3. The fraction of sp³-hybridized carbons (Fsp3) is 0.333. The smallest absolute Gasteiger partial charge is 0.336 e. The predicted molar refractivity (Wildman–Crippen MR) is 122 cm³/mol. The third-order valence-electron chi connectivity index (χ3n) is 5.22. The molecule has 0 fully saturated rings. The molecule has 0 bridgehead atoms. The average Bonchev–Trinajstić information content (AvgIpc) is 2.74. The Balaban J connectivity index is 1.82. The summed E-state index contributed by atoms with van der Waals surface area (Å²) in [6.45, 7) is 7.03. The number of ether oxygens (including phenoxy) is 1. The minimum atomic E-state index is -3.89. The van der Waals surface area contributed by atoms with Gasteiger partial charge in [-0.2, -0.15) is 4.72 Å². The fourth-order valence-electron chi connectivity index (χ4n) is 3.36. The number of carbonyl (C=O) groups is 1. The van der Waals surface area contributed by atoms with E-state index in [1.54, 1.807) is 31.2 Å². The molecule has 1 heterocycles. The molecule has 0 aliphatic heterocycles. The first-order chi connectivity index (χ1) is 15.1. The van der Waals surface area contributed by atoms with E-state index in [2.05, 4.69) is 11.6 Å². The summed E-state index contributed by atoms with van der Waals surface area (Å²) >= 11 is 0. The second kappa shape index (κ2) is 9.67. The van der Waals surface area contributed by atoms with Gasteiger partial charge >= 0.3 is 11.6 Å². The Labute approximate surface area is 187 Å². The minimum absolute atomic E-state index is 0.0611. The van der Waals surface area contributed by atoms with Crippen molar-refractivity contribution in [1.82, 2.24) is 4.72 Å². The molecule has 0 amide bonds. The lowest BCUT2D eigenvalue weighted by molar-refractivity contribution is -0.135. The number of sulfonamides is 1. The van der Waals surface area contributed by atoms with Crippen molar-refractivity contribution in [1.29, 1.82) is 0 Å². The first-order valence-electron chi connectivity index (χ1n) is 10.5. The van der Waals surface area contributed by atoms with Crippen molar-refractivity contribution < 1.29 is 22.4 Å². The predicted octanol–water partition coefficient (Wildman–Crippen LogP) is 4.02. The van der Waals surface area contributed by atoms with Gasteiger partial charge in [-0.3, -0.25) is 0 Å². The molecule has 8 heteroatoms. The Morgan fingerprint density at radius 2 is 1.81 bits per heavy atom. The highest BCUT2D eigenvalue weighted by atomic mass is 32.2. The summed E-state index contributed by atoms with van der Waals surface area (Å²) in [7, 11) is -3.89. The number of benzene rings is 2. The maximum atomic E-state index is 12.6. The van der Waals surface area contributed by atoms with Gasteiger partial charge in [-0.15, -0.1) is 0 Å². The largest absolute Gasteiger partial charge is 0.425 e. The van der Waals surface area contributed by atoms with Gasteiger partial charge in [0.15, 0.2) is 0 Å². The SMILES string of the molecule is CCCCc1cc(=O)oc2c(C)c(OC(=O)[C@@H](C)NS(=O)(=O)c3ccc(C)cc3)ccc12. The lowest BCUT2D eigenvalue weighted by Gasteiger charge is -2.15. The zero-order valence-corrected chi connectivity index (χ0v) is 19.4. The van der Waals surface area contributed by atoms with E-state index in [0.717, 1.165) is 35.8 Å². The van der Waals surface area contributed by atoms with Crippen molar-refractivity contribution in [3.8, 4) is 5.75 Å². The lowest BCUT2D eigenvalue weighted by Crippen LogP contribution is -2.40. The Hall–Kier alpha value is -2.97. The lowest BCUT2D eigenvalue weighted by atomic mass is 10.0. The van der Waals surface area contributed by atoms with E-state index in [1.807, 2.05) is 6.92 Å². The second-order valence-electron chi connectivity index (χ2n) is 7.84. The molecule has 3 rings (SSSR count). The molecule has 0 aliphatic rings. The molecular formula is C24H27NO6S. The quantitative estimate of drug-likeness (QED) is 0.311. The Morgan fingerprint density at radius 1 is 1.12 bits per heavy atom. The Morgan fingerprint density at radius 3 is 2.47 bits per heavy atom. The topological polar surface area (TPSA) is 103 Å². The monoisotopic (exact) mass is 457 g/mol. The van der Waals surface area contributed by atoms with Gasteiger partial charge < -0.3 is 9.15 Å². The molecule has 0 saturated carbocycles. The third kappa shape index (κ3) is 5.26. The zero-order chi connectivity index (χ0) is 23.5. The molecule has 3 aromatic rings. The van der Waals surface area contributed by atoms with Gasteiger partial charge in [-0.1, -0.05) is 31.0 Å². The van der Waals surface area contributed by atoms with E-state index in [-0.39, 0.29) is 10.6 Å². The average molecular weight is 458 g/mol. The van der Waals surface area contributed by atoms with Crippen molar-refractivity contribution in [2.45, 2.75) is 57.9 Å². The van der Waals surface area contributed by atoms with Crippen LogP contribution in [-0.2, 0) is 21.2 Å². The zero-order valence-electron chi connectivity index (χ0n) is 18.6. The van der Waals surface area contributed by atoms with Crippen molar-refractivity contribution >= 4 is 27.0 Å². The number of hydrogen-bond donors (Lipinski definition) is 1. The first kappa shape index (κ1) is 23.7. The maximum Gasteiger partial charge on any atom is 0.336 e. The van der Waals surface area contributed by atoms with Gasteiger partial charge in [-0.25, -0.2) is 18.0 Å². The molecular weight excluding hydrogens is 430 g/mol. The number of unbranched alkanes of at least 4 members (excludes halogenated alkanes) is 1. The van der Waals surface area contributed by atoms with Gasteiger partial charge in [0, 0.05) is 17.0 Å². The molecule has 0 unspecified atom stereocenters. The molecule has 1 atom stereocenters. The molecule has 1 N–H and O–H groups in total. The minimum Gasteiger partial charge on any atom is -0.425 e. The van der Waals surface area contributed by atoms with Crippen LogP contribution in [0, 0.1) is 13.8 Å². The van der Waals surface area contributed by atoms with Gasteiger partial charge in [0.2, 0.25) is 10.0 Å². The van der Waals surface area contributed by atoms with E-state index < -0.39 is 27.7 Å². The van der Waals surface area contributed by atoms with Crippen LogP contribution in [0.15, 0.2) is 56.6 Å². The van der Waals surface area contributed by atoms with Crippen LogP contribution < -0.4 is 15.1 Å². The molecule has 7 nitrogen and oxygen atoms in total. The molecule has 32 heavy (non-hydrogen) atoms. The summed E-state index contributed by atoms with van der Waals surface area (Å²) in [6.07, 6.45) is 2.68. The van der Waals surface area contributed by atoms with Crippen LogP contribution in [0.2, 0.25) is 0 Å². The summed E-state index contributed by atoms with van der Waals surface area (Å²) in [5.74, 6) is -0.563. The van der Waals surface area contributed by atoms with E-state index in [4.69, 9.17) is 9.15 Å². The molecule has 0 spiro atoms. The maximum absolute atomic E-state index is 12.6. The molecule has 0 radical (unpaired) electrons. The first-order valence-corrected chi connectivity index (χ1v) is 12.0. The van der Waals surface area contributed by atoms with Gasteiger partial charge in [0.05, 0.1) is 4.90 Å². The van der Waals surface area contributed by atoms with E-state index in [1.165, 1.54) is 25.1 Å². The van der Waals surface area contributed by atoms with E-state index >= 15 is 0 Å². The normalized spacial score (nSPS) is 12.6. The summed E-state index contributed by atoms with van der Waals surface area (Å²) in [5.41, 5.74) is 2.21. The van der Waals surface area contributed by atoms with Crippen molar-refractivity contribution in [3.05, 3.63) is 69.6 Å². The van der Waals surface area contributed by atoms with Crippen LogP contribution in [0.1, 0.15) is 43.4 Å². The summed E-state index contributed by atoms with van der Waals surface area (Å²) in [4.78, 5) is 24.7. The van der Waals surface area contributed by atoms with Crippen LogP contribution in [0.5, 0.6) is 5.75 Å². The number of nitrogens with one attached hydrogen (secondary N) is 1. The third-order valence-corrected chi connectivity index (χ3v) is 6.78. The highest BCUT2D eigenvalue weighted by Gasteiger charge is 2.24. The molecule has 0 saturated heterocycles. The van der Waals surface area contributed by atoms with Gasteiger partial charge in [0.1, 0.15) is 17.4 Å². The van der Waals surface area contributed by atoms with Crippen LogP contribution in [-0.4, -0.2) is 20.4 Å².